The molecule has 0 aromatic heterocycles. The highest BCUT2D eigenvalue weighted by atomic mass is 35.5. The van der Waals surface area contributed by atoms with Crippen molar-refractivity contribution >= 4 is 23.2 Å². The molecule has 1 unspecified atom stereocenters. The Hall–Kier alpha value is -1.02. The van der Waals surface area contributed by atoms with Crippen LogP contribution in [0.5, 0.6) is 0 Å². The minimum absolute atomic E-state index is 0.293. The van der Waals surface area contributed by atoms with Gasteiger partial charge in [0.05, 0.1) is 0 Å². The summed E-state index contributed by atoms with van der Waals surface area (Å²) >= 11 is 12.8. The molecule has 0 radical (unpaired) electrons. The molecule has 2 aromatic rings. The van der Waals surface area contributed by atoms with Crippen molar-refractivity contribution in [3.8, 4) is 0 Å². The summed E-state index contributed by atoms with van der Waals surface area (Å²) in [7, 11) is 2.12. The number of hydrogen-bond donors (Lipinski definition) is 0. The van der Waals surface area contributed by atoms with E-state index in [1.54, 1.807) is 0 Å². The maximum atomic E-state index is 6.43. The third kappa shape index (κ3) is 2.38. The monoisotopic (exact) mass is 291 g/mol. The summed E-state index contributed by atoms with van der Waals surface area (Å²) in [5.74, 6) is 0.293. The van der Waals surface area contributed by atoms with Gasteiger partial charge in [0, 0.05) is 29.1 Å². The maximum Gasteiger partial charge on any atom is 0.0455 e. The van der Waals surface area contributed by atoms with Crippen LogP contribution < -0.4 is 0 Å². The maximum absolute atomic E-state index is 6.43. The fourth-order valence-corrected chi connectivity index (χ4v) is 3.38. The van der Waals surface area contributed by atoms with Crippen LogP contribution in [0.1, 0.15) is 22.6 Å². The Morgan fingerprint density at radius 2 is 1.68 bits per heavy atom. The average molecular weight is 292 g/mol. The number of benzene rings is 2. The van der Waals surface area contributed by atoms with Crippen molar-refractivity contribution in [1.29, 1.82) is 0 Å². The van der Waals surface area contributed by atoms with E-state index in [9.17, 15) is 0 Å². The SMILES string of the molecule is CN1Cc2c(Cl)ccc(Cl)c2C(c2ccccc2)C1. The molecule has 1 nitrogen and oxygen atoms in total. The number of halogens is 2. The highest BCUT2D eigenvalue weighted by Gasteiger charge is 2.28. The molecule has 1 aliphatic heterocycles. The van der Waals surface area contributed by atoms with Crippen molar-refractivity contribution in [2.45, 2.75) is 12.5 Å². The minimum atomic E-state index is 0.293. The fraction of sp³-hybridized carbons (Fsp3) is 0.250. The van der Waals surface area contributed by atoms with Crippen molar-refractivity contribution in [3.63, 3.8) is 0 Å². The first-order valence-corrected chi connectivity index (χ1v) is 7.12. The minimum Gasteiger partial charge on any atom is -0.301 e. The lowest BCUT2D eigenvalue weighted by molar-refractivity contribution is 0.295. The van der Waals surface area contributed by atoms with Gasteiger partial charge in [-0.2, -0.15) is 0 Å². The molecule has 3 heteroatoms. The molecule has 98 valence electrons. The largest absolute Gasteiger partial charge is 0.301 e. The van der Waals surface area contributed by atoms with E-state index in [-0.39, 0.29) is 0 Å². The molecular weight excluding hydrogens is 277 g/mol. The van der Waals surface area contributed by atoms with Crippen molar-refractivity contribution < 1.29 is 0 Å². The molecule has 0 bridgehead atoms. The molecule has 0 spiro atoms. The van der Waals surface area contributed by atoms with Crippen LogP contribution in [0.2, 0.25) is 10.0 Å². The highest BCUT2D eigenvalue weighted by molar-refractivity contribution is 6.34. The number of hydrogen-bond acceptors (Lipinski definition) is 1. The van der Waals surface area contributed by atoms with Crippen molar-refractivity contribution in [3.05, 3.63) is 69.2 Å². The molecule has 2 aromatic carbocycles. The molecule has 0 fully saturated rings. The summed E-state index contributed by atoms with van der Waals surface area (Å²) in [6.45, 7) is 1.83. The number of fused-ring (bicyclic) bond motifs is 1. The second-order valence-electron chi connectivity index (χ2n) is 5.08. The molecule has 0 amide bonds. The van der Waals surface area contributed by atoms with Gasteiger partial charge < -0.3 is 4.90 Å². The van der Waals surface area contributed by atoms with Crippen LogP contribution >= 0.6 is 23.2 Å². The van der Waals surface area contributed by atoms with E-state index in [0.717, 1.165) is 28.7 Å². The topological polar surface area (TPSA) is 3.24 Å². The van der Waals surface area contributed by atoms with Crippen LogP contribution in [0.4, 0.5) is 0 Å². The molecule has 1 aliphatic rings. The summed E-state index contributed by atoms with van der Waals surface area (Å²) in [4.78, 5) is 2.29. The van der Waals surface area contributed by atoms with Crippen molar-refractivity contribution in [1.82, 2.24) is 4.90 Å². The lowest BCUT2D eigenvalue weighted by Gasteiger charge is -2.33. The van der Waals surface area contributed by atoms with Gasteiger partial charge in [-0.25, -0.2) is 0 Å². The third-order valence-corrected chi connectivity index (χ3v) is 4.40. The first-order valence-electron chi connectivity index (χ1n) is 6.37. The van der Waals surface area contributed by atoms with Gasteiger partial charge in [-0.05, 0) is 35.9 Å². The number of rotatable bonds is 1. The first-order chi connectivity index (χ1) is 9.16. The van der Waals surface area contributed by atoms with E-state index in [1.807, 2.05) is 18.2 Å². The van der Waals surface area contributed by atoms with Gasteiger partial charge in [0.2, 0.25) is 0 Å². The molecule has 0 saturated heterocycles. The van der Waals surface area contributed by atoms with Gasteiger partial charge in [0.15, 0.2) is 0 Å². The molecule has 0 saturated carbocycles. The molecule has 0 N–H and O–H groups in total. The Kier molecular flexibility index (Phi) is 3.53. The quantitative estimate of drug-likeness (QED) is 0.744. The Morgan fingerprint density at radius 3 is 2.42 bits per heavy atom. The Morgan fingerprint density at radius 1 is 1.00 bits per heavy atom. The Balaban J connectivity index is 2.17. The van der Waals surface area contributed by atoms with Gasteiger partial charge in [0.1, 0.15) is 0 Å². The van der Waals surface area contributed by atoms with Crippen LogP contribution in [0.3, 0.4) is 0 Å². The van der Waals surface area contributed by atoms with Crippen LogP contribution in [-0.2, 0) is 6.54 Å². The molecular formula is C16H15Cl2N. The molecule has 19 heavy (non-hydrogen) atoms. The lowest BCUT2D eigenvalue weighted by atomic mass is 9.85. The summed E-state index contributed by atoms with van der Waals surface area (Å²) < 4.78 is 0. The second kappa shape index (κ2) is 5.16. The molecule has 0 aliphatic carbocycles. The van der Waals surface area contributed by atoms with Gasteiger partial charge in [-0.3, -0.25) is 0 Å². The Bertz CT molecular complexity index is 595. The summed E-state index contributed by atoms with van der Waals surface area (Å²) in [6.07, 6.45) is 0. The van der Waals surface area contributed by atoms with Crippen molar-refractivity contribution in [2.24, 2.45) is 0 Å². The van der Waals surface area contributed by atoms with Crippen LogP contribution in [0.25, 0.3) is 0 Å². The zero-order valence-corrected chi connectivity index (χ0v) is 12.2. The van der Waals surface area contributed by atoms with E-state index in [0.29, 0.717) is 5.92 Å². The average Bonchev–Trinajstić information content (AvgIpc) is 2.43. The molecule has 3 rings (SSSR count). The first kappa shape index (κ1) is 13.0. The van der Waals surface area contributed by atoms with Crippen LogP contribution in [0, 0.1) is 0 Å². The predicted molar refractivity (Wildman–Crippen MR) is 81.1 cm³/mol. The van der Waals surface area contributed by atoms with Crippen LogP contribution in [-0.4, -0.2) is 18.5 Å². The summed E-state index contributed by atoms with van der Waals surface area (Å²) in [5, 5.41) is 1.63. The van der Waals surface area contributed by atoms with Crippen LogP contribution in [0.15, 0.2) is 42.5 Å². The summed E-state index contributed by atoms with van der Waals surface area (Å²) in [5.41, 5.74) is 3.65. The molecule has 1 heterocycles. The fourth-order valence-electron chi connectivity index (χ4n) is 2.84. The van der Waals surface area contributed by atoms with E-state index < -0.39 is 0 Å². The van der Waals surface area contributed by atoms with Gasteiger partial charge in [-0.1, -0.05) is 53.5 Å². The van der Waals surface area contributed by atoms with Gasteiger partial charge >= 0.3 is 0 Å². The zero-order valence-electron chi connectivity index (χ0n) is 10.7. The Labute approximate surface area is 123 Å². The van der Waals surface area contributed by atoms with E-state index in [2.05, 4.69) is 36.2 Å². The standard InChI is InChI=1S/C16H15Cl2N/c1-19-9-12(11-5-3-2-4-6-11)16-13(10-19)14(17)7-8-15(16)18/h2-8,12H,9-10H2,1H3. The van der Waals surface area contributed by atoms with Crippen molar-refractivity contribution in [2.75, 3.05) is 13.6 Å². The highest BCUT2D eigenvalue weighted by Crippen LogP contribution is 2.40. The van der Waals surface area contributed by atoms with E-state index in [1.165, 1.54) is 11.1 Å². The number of nitrogens with zero attached hydrogens (tertiary/aromatic N) is 1. The normalized spacial score (nSPS) is 19.2. The smallest absolute Gasteiger partial charge is 0.0455 e. The summed E-state index contributed by atoms with van der Waals surface area (Å²) in [6, 6.07) is 14.3. The zero-order chi connectivity index (χ0) is 13.4. The van der Waals surface area contributed by atoms with Gasteiger partial charge in [-0.15, -0.1) is 0 Å². The third-order valence-electron chi connectivity index (χ3n) is 3.72. The lowest BCUT2D eigenvalue weighted by Crippen LogP contribution is -2.31. The molecule has 1 atom stereocenters. The van der Waals surface area contributed by atoms with E-state index in [4.69, 9.17) is 23.2 Å². The van der Waals surface area contributed by atoms with Gasteiger partial charge in [0.25, 0.3) is 0 Å². The van der Waals surface area contributed by atoms with E-state index >= 15 is 0 Å². The number of likely N-dealkylation sites (N-methyl/N-ethyl adjacent to an activating group) is 1. The predicted octanol–water partition coefficient (Wildman–Crippen LogP) is 4.57. The second-order valence-corrected chi connectivity index (χ2v) is 5.90.